The molecule has 0 atom stereocenters. The highest BCUT2D eigenvalue weighted by Gasteiger charge is 2.38. The van der Waals surface area contributed by atoms with Crippen molar-refractivity contribution in [3.63, 3.8) is 0 Å². The van der Waals surface area contributed by atoms with Crippen LogP contribution in [0.3, 0.4) is 0 Å². The van der Waals surface area contributed by atoms with Crippen molar-refractivity contribution >= 4 is 76.3 Å². The van der Waals surface area contributed by atoms with Gasteiger partial charge in [0.25, 0.3) is 11.8 Å². The summed E-state index contributed by atoms with van der Waals surface area (Å²) in [6.07, 6.45) is 2.67. The van der Waals surface area contributed by atoms with Crippen LogP contribution in [0.25, 0.3) is 0 Å². The highest BCUT2D eigenvalue weighted by molar-refractivity contribution is 6.34. The average Bonchev–Trinajstić information content (AvgIpc) is 3.32. The van der Waals surface area contributed by atoms with E-state index in [4.69, 9.17) is 23.2 Å². The van der Waals surface area contributed by atoms with Gasteiger partial charge < -0.3 is 30.3 Å². The van der Waals surface area contributed by atoms with Crippen molar-refractivity contribution in [3.8, 4) is 11.5 Å². The molecule has 1 aliphatic heterocycles. The Kier molecular flexibility index (Phi) is 9.19. The predicted octanol–water partition coefficient (Wildman–Crippen LogP) is 3.00. The van der Waals surface area contributed by atoms with E-state index in [1.165, 1.54) is 30.9 Å². The van der Waals surface area contributed by atoms with Crippen LogP contribution in [0.1, 0.15) is 0 Å². The number of quaternary nitrogens is 1. The summed E-state index contributed by atoms with van der Waals surface area (Å²) in [5.41, 5.74) is 0.0456. The summed E-state index contributed by atoms with van der Waals surface area (Å²) in [5.74, 6) is -1.98. The van der Waals surface area contributed by atoms with Crippen LogP contribution in [0.5, 0.6) is 11.5 Å². The number of phenols is 2. The molecule has 3 rings (SSSR count). The van der Waals surface area contributed by atoms with Crippen molar-refractivity contribution < 1.29 is 43.3 Å². The summed E-state index contributed by atoms with van der Waals surface area (Å²) in [7, 11) is 2.32. The molecule has 1 radical (unpaired) electrons. The van der Waals surface area contributed by atoms with Gasteiger partial charge in [0.2, 0.25) is 0 Å². The first-order chi connectivity index (χ1) is 18.4. The van der Waals surface area contributed by atoms with Crippen LogP contribution in [-0.4, -0.2) is 72.3 Å². The minimum absolute atomic E-state index is 0.0191. The van der Waals surface area contributed by atoms with Gasteiger partial charge in [-0.1, -0.05) is 23.2 Å². The summed E-state index contributed by atoms with van der Waals surface area (Å²) in [6, 6.07) is 4.73. The second-order valence-electron chi connectivity index (χ2n) is 8.01. The number of nitrogens with one attached hydrogen (secondary N) is 4. The maximum atomic E-state index is 12.8. The molecular formula is C23H23Cl2N6O8+2. The van der Waals surface area contributed by atoms with Crippen LogP contribution in [-0.2, 0) is 19.1 Å². The molecule has 0 fully saturated rings. The van der Waals surface area contributed by atoms with E-state index in [1.54, 1.807) is 0 Å². The number of amides is 4. The zero-order valence-corrected chi connectivity index (χ0v) is 22.0. The Morgan fingerprint density at radius 1 is 0.769 bits per heavy atom. The van der Waals surface area contributed by atoms with Gasteiger partial charge in [0.05, 0.1) is 47.0 Å². The number of aliphatic imine (C=N–C) groups is 1. The maximum Gasteiger partial charge on any atom is 0.411 e. The van der Waals surface area contributed by atoms with E-state index in [2.05, 4.69) is 35.7 Å². The Hall–Kier alpha value is -4.53. The number of carbonyl (C=O) groups is 4. The Morgan fingerprint density at radius 2 is 1.21 bits per heavy atom. The van der Waals surface area contributed by atoms with Crippen LogP contribution in [0.2, 0.25) is 10.0 Å². The van der Waals surface area contributed by atoms with E-state index in [-0.39, 0.29) is 61.9 Å². The number of rotatable bonds is 8. The summed E-state index contributed by atoms with van der Waals surface area (Å²) < 4.78 is 8.63. The molecule has 0 bridgehead atoms. The quantitative estimate of drug-likeness (QED) is 0.202. The number of anilines is 4. The molecule has 39 heavy (non-hydrogen) atoms. The lowest BCUT2D eigenvalue weighted by molar-refractivity contribution is -0.760. The molecule has 14 nitrogen and oxygen atoms in total. The number of carbonyl (C=O) groups excluding carboxylic acids is 4. The molecule has 6 N–H and O–H groups in total. The maximum absolute atomic E-state index is 12.8. The van der Waals surface area contributed by atoms with Gasteiger partial charge in [-0.25, -0.2) is 9.59 Å². The number of halogens is 2. The van der Waals surface area contributed by atoms with E-state index in [0.717, 1.165) is 26.4 Å². The fourth-order valence-electron chi connectivity index (χ4n) is 3.38. The van der Waals surface area contributed by atoms with E-state index >= 15 is 0 Å². The smallest absolute Gasteiger partial charge is 0.411 e. The molecule has 1 aliphatic rings. The largest absolute Gasteiger partial charge is 0.506 e. The number of hydrogen-bond acceptors (Lipinski definition) is 9. The number of ether oxygens (including phenoxy) is 2. The molecule has 0 saturated carbocycles. The summed E-state index contributed by atoms with van der Waals surface area (Å²) >= 11 is 12.2. The van der Waals surface area contributed by atoms with Gasteiger partial charge in [0.15, 0.2) is 19.3 Å². The third-order valence-electron chi connectivity index (χ3n) is 5.19. The zero-order valence-electron chi connectivity index (χ0n) is 20.4. The molecule has 0 unspecified atom stereocenters. The molecule has 2 aromatic rings. The molecule has 0 aliphatic carbocycles. The van der Waals surface area contributed by atoms with Gasteiger partial charge in [-0.05, 0) is 12.1 Å². The van der Waals surface area contributed by atoms with Crippen molar-refractivity contribution in [1.29, 1.82) is 0 Å². The number of hydrogen-bond donors (Lipinski definition) is 6. The number of methoxy groups -OCH3 is 2. The first-order valence-corrected chi connectivity index (χ1v) is 11.6. The molecule has 2 aromatic carbocycles. The first kappa shape index (κ1) is 29.0. The van der Waals surface area contributed by atoms with Crippen molar-refractivity contribution in [2.45, 2.75) is 0 Å². The van der Waals surface area contributed by atoms with Crippen LogP contribution in [0.4, 0.5) is 32.3 Å². The Morgan fingerprint density at radius 3 is 1.56 bits per heavy atom. The lowest BCUT2D eigenvalue weighted by atomic mass is 10.2. The lowest BCUT2D eigenvalue weighted by Crippen LogP contribution is -2.50. The number of benzene rings is 2. The summed E-state index contributed by atoms with van der Waals surface area (Å²) in [6.45, 7) is -0.608. The minimum Gasteiger partial charge on any atom is -0.506 e. The van der Waals surface area contributed by atoms with Crippen LogP contribution in [0.15, 0.2) is 36.7 Å². The van der Waals surface area contributed by atoms with Crippen molar-refractivity contribution in [2.75, 3.05) is 48.6 Å². The Balaban J connectivity index is 1.69. The van der Waals surface area contributed by atoms with Gasteiger partial charge in [-0.3, -0.25) is 20.2 Å². The fourth-order valence-corrected chi connectivity index (χ4v) is 3.80. The Labute approximate surface area is 231 Å². The molecule has 0 saturated heterocycles. The molecule has 0 spiro atoms. The van der Waals surface area contributed by atoms with Crippen molar-refractivity contribution in [3.05, 3.63) is 46.7 Å². The topological polar surface area (TPSA) is 189 Å². The van der Waals surface area contributed by atoms with Gasteiger partial charge >= 0.3 is 24.7 Å². The fraction of sp³-hybridized carbons (Fsp3) is 0.174. The number of phenolic OH excluding ortho intramolecular Hbond substituents is 2. The van der Waals surface area contributed by atoms with Gasteiger partial charge in [0, 0.05) is 12.1 Å². The normalized spacial score (nSPS) is 12.9. The molecular weight excluding hydrogens is 559 g/mol. The third-order valence-corrected chi connectivity index (χ3v) is 5.81. The van der Waals surface area contributed by atoms with Crippen LogP contribution < -0.4 is 26.3 Å². The second kappa shape index (κ2) is 12.3. The van der Waals surface area contributed by atoms with E-state index in [1.807, 2.05) is 0 Å². The zero-order chi connectivity index (χ0) is 28.7. The van der Waals surface area contributed by atoms with Crippen LogP contribution in [0, 0.1) is 0 Å². The second-order valence-corrected chi connectivity index (χ2v) is 8.82. The van der Waals surface area contributed by atoms with Crippen molar-refractivity contribution in [2.24, 2.45) is 0 Å². The Bertz CT molecular complexity index is 1280. The first-order valence-electron chi connectivity index (χ1n) is 10.9. The predicted molar refractivity (Wildman–Crippen MR) is 143 cm³/mol. The average molecular weight is 582 g/mol. The summed E-state index contributed by atoms with van der Waals surface area (Å²) in [4.78, 5) is 52.5. The van der Waals surface area contributed by atoms with E-state index in [9.17, 15) is 29.4 Å². The van der Waals surface area contributed by atoms with Gasteiger partial charge in [-0.15, -0.1) is 0 Å². The molecule has 4 amide bonds. The molecule has 16 heteroatoms. The van der Waals surface area contributed by atoms with Gasteiger partial charge in [-0.2, -0.15) is 4.48 Å². The molecule has 0 aromatic heterocycles. The number of nitrogens with zero attached hydrogens (tertiary/aromatic N) is 2. The number of aromatic hydroxyl groups is 2. The lowest BCUT2D eigenvalue weighted by Gasteiger charge is -2.22. The van der Waals surface area contributed by atoms with Crippen molar-refractivity contribution in [1.82, 2.24) is 4.99 Å². The minimum atomic E-state index is -0.803. The van der Waals surface area contributed by atoms with Gasteiger partial charge in [0.1, 0.15) is 16.5 Å². The third kappa shape index (κ3) is 7.50. The van der Waals surface area contributed by atoms with Crippen LogP contribution >= 0.6 is 23.2 Å². The van der Waals surface area contributed by atoms with E-state index < -0.39 is 24.0 Å². The molecule has 205 valence electrons. The monoisotopic (exact) mass is 581 g/mol. The van der Waals surface area contributed by atoms with E-state index in [0.29, 0.717) is 0 Å². The molecule has 1 heterocycles. The highest BCUT2D eigenvalue weighted by Crippen LogP contribution is 2.35. The standard InChI is InChI=1S/C23H22Cl2N6O8/c1-38-22(36)29-14-7-18(32)16(5-12(14)24)27-20(34)9-31(4-3-26-11-31)10-21(35)28-17-6-13(25)15(8-19(17)33)30-23(37)39-2/h3-8,11H,9-10H2,1-2H3,(H5-,27,28,29,30,32,33,34,35,36,37)/q+1/p+1. The highest BCUT2D eigenvalue weighted by atomic mass is 35.5. The summed E-state index contributed by atoms with van der Waals surface area (Å²) in [5, 5.41) is 30.2. The SMILES string of the molecule is COC(=O)Nc1cc(O)c(NC(=O)C[N+]2(CC(=O)Nc3cc(Cl)c(NC(=O)OC)cc3O)C=C[N+]=C2)cc1Cl.